The van der Waals surface area contributed by atoms with Gasteiger partial charge >= 0.3 is 5.63 Å². The van der Waals surface area contributed by atoms with E-state index in [4.69, 9.17) is 14.3 Å². The van der Waals surface area contributed by atoms with Gasteiger partial charge < -0.3 is 14.5 Å². The Balaban J connectivity index is 1.69. The molecule has 0 bridgehead atoms. The first-order chi connectivity index (χ1) is 12.7. The molecule has 9 heteroatoms. The largest absolute Gasteiger partial charge is 0.481 e. The van der Waals surface area contributed by atoms with Crippen LogP contribution in [0.3, 0.4) is 0 Å². The van der Waals surface area contributed by atoms with Crippen LogP contribution in [-0.4, -0.2) is 20.4 Å². The van der Waals surface area contributed by atoms with Crippen LogP contribution in [0.1, 0.15) is 6.92 Å². The van der Waals surface area contributed by atoms with Crippen molar-refractivity contribution in [3.05, 3.63) is 65.0 Å². The summed E-state index contributed by atoms with van der Waals surface area (Å²) in [7, 11) is -3.79. The number of primary sulfonamides is 1. The molecule has 1 atom stereocenters. The van der Waals surface area contributed by atoms with Gasteiger partial charge in [-0.1, -0.05) is 0 Å². The Morgan fingerprint density at radius 2 is 1.78 bits per heavy atom. The summed E-state index contributed by atoms with van der Waals surface area (Å²) < 4.78 is 33.1. The van der Waals surface area contributed by atoms with Crippen LogP contribution in [0, 0.1) is 0 Å². The van der Waals surface area contributed by atoms with Crippen molar-refractivity contribution in [2.75, 3.05) is 5.32 Å². The molecule has 0 saturated carbocycles. The summed E-state index contributed by atoms with van der Waals surface area (Å²) in [6.07, 6.45) is -0.851. The number of fused-ring (bicyclic) bond motifs is 1. The number of nitrogens with one attached hydrogen (secondary N) is 1. The standard InChI is InChI=1S/C18H16N2O6S/c1-11(18(22)20-13-4-7-15(8-5-13)27(19,23)24)25-14-6-2-12-3-9-17(21)26-16(12)10-14/h2-11H,1H3,(H,20,22)(H2,19,23,24). The lowest BCUT2D eigenvalue weighted by molar-refractivity contribution is -0.122. The van der Waals surface area contributed by atoms with Gasteiger partial charge in [0.15, 0.2) is 6.10 Å². The maximum absolute atomic E-state index is 12.3. The summed E-state index contributed by atoms with van der Waals surface area (Å²) >= 11 is 0. The lowest BCUT2D eigenvalue weighted by Crippen LogP contribution is -2.30. The van der Waals surface area contributed by atoms with Crippen molar-refractivity contribution in [1.82, 2.24) is 0 Å². The molecule has 27 heavy (non-hydrogen) atoms. The van der Waals surface area contributed by atoms with E-state index in [0.29, 0.717) is 17.0 Å². The van der Waals surface area contributed by atoms with E-state index in [0.717, 1.165) is 5.39 Å². The Morgan fingerprint density at radius 1 is 1.11 bits per heavy atom. The van der Waals surface area contributed by atoms with E-state index in [2.05, 4.69) is 5.32 Å². The number of rotatable bonds is 5. The zero-order valence-corrected chi connectivity index (χ0v) is 15.0. The van der Waals surface area contributed by atoms with Crippen molar-refractivity contribution < 1.29 is 22.4 Å². The number of sulfonamides is 1. The second-order valence-corrected chi connectivity index (χ2v) is 7.33. The molecule has 0 radical (unpaired) electrons. The van der Waals surface area contributed by atoms with Gasteiger partial charge in [0.2, 0.25) is 10.0 Å². The number of anilines is 1. The maximum Gasteiger partial charge on any atom is 0.336 e. The zero-order chi connectivity index (χ0) is 19.6. The van der Waals surface area contributed by atoms with Crippen molar-refractivity contribution in [2.24, 2.45) is 5.14 Å². The van der Waals surface area contributed by atoms with Crippen LogP contribution in [0.5, 0.6) is 5.75 Å². The third-order valence-corrected chi connectivity index (χ3v) is 4.66. The first-order valence-electron chi connectivity index (χ1n) is 7.87. The number of nitrogens with two attached hydrogens (primary N) is 1. The van der Waals surface area contributed by atoms with Gasteiger partial charge in [-0.25, -0.2) is 18.4 Å². The van der Waals surface area contributed by atoms with E-state index in [-0.39, 0.29) is 4.90 Å². The fourth-order valence-corrected chi connectivity index (χ4v) is 2.86. The van der Waals surface area contributed by atoms with Gasteiger partial charge in [0.05, 0.1) is 4.90 Å². The second kappa shape index (κ2) is 7.22. The Bertz CT molecular complexity index is 1150. The smallest absolute Gasteiger partial charge is 0.336 e. The van der Waals surface area contributed by atoms with Crippen LogP contribution in [0.4, 0.5) is 5.69 Å². The first kappa shape index (κ1) is 18.6. The molecular weight excluding hydrogens is 372 g/mol. The minimum atomic E-state index is -3.79. The fraction of sp³-hybridized carbons (Fsp3) is 0.111. The maximum atomic E-state index is 12.3. The summed E-state index contributed by atoms with van der Waals surface area (Å²) in [5, 5.41) is 8.37. The molecule has 3 rings (SSSR count). The molecule has 0 aliphatic rings. The number of benzene rings is 2. The van der Waals surface area contributed by atoms with E-state index in [1.54, 1.807) is 25.1 Å². The topological polar surface area (TPSA) is 129 Å². The third kappa shape index (κ3) is 4.52. The van der Waals surface area contributed by atoms with E-state index in [1.165, 1.54) is 36.4 Å². The number of carbonyl (C=O) groups is 1. The van der Waals surface area contributed by atoms with Crippen LogP contribution < -0.4 is 20.8 Å². The lowest BCUT2D eigenvalue weighted by Gasteiger charge is -2.15. The molecule has 1 amide bonds. The van der Waals surface area contributed by atoms with E-state index in [9.17, 15) is 18.0 Å². The van der Waals surface area contributed by atoms with Crippen molar-refractivity contribution in [3.63, 3.8) is 0 Å². The Labute approximate surface area is 154 Å². The molecule has 1 unspecified atom stereocenters. The SMILES string of the molecule is CC(Oc1ccc2ccc(=O)oc2c1)C(=O)Nc1ccc(S(N)(=O)=O)cc1. The number of hydrogen-bond donors (Lipinski definition) is 2. The van der Waals surface area contributed by atoms with E-state index in [1.807, 2.05) is 0 Å². The molecule has 0 aliphatic carbocycles. The number of amides is 1. The monoisotopic (exact) mass is 388 g/mol. The summed E-state index contributed by atoms with van der Waals surface area (Å²) in [5.41, 5.74) is 0.270. The van der Waals surface area contributed by atoms with Crippen molar-refractivity contribution >= 4 is 32.6 Å². The molecule has 0 fully saturated rings. The average Bonchev–Trinajstić information content (AvgIpc) is 2.61. The van der Waals surface area contributed by atoms with Crippen molar-refractivity contribution in [2.45, 2.75) is 17.9 Å². The van der Waals surface area contributed by atoms with Crippen LogP contribution in [-0.2, 0) is 14.8 Å². The molecule has 8 nitrogen and oxygen atoms in total. The van der Waals surface area contributed by atoms with Gasteiger partial charge in [-0.05, 0) is 49.4 Å². The van der Waals surface area contributed by atoms with Gasteiger partial charge in [-0.15, -0.1) is 0 Å². The second-order valence-electron chi connectivity index (χ2n) is 5.77. The van der Waals surface area contributed by atoms with Crippen molar-refractivity contribution in [3.8, 4) is 5.75 Å². The normalized spacial score (nSPS) is 12.5. The molecule has 3 aromatic rings. The molecule has 3 N–H and O–H groups in total. The highest BCUT2D eigenvalue weighted by Gasteiger charge is 2.16. The Kier molecular flexibility index (Phi) is 4.98. The minimum Gasteiger partial charge on any atom is -0.481 e. The minimum absolute atomic E-state index is 0.0533. The highest BCUT2D eigenvalue weighted by atomic mass is 32.2. The van der Waals surface area contributed by atoms with E-state index < -0.39 is 27.7 Å². The Hall–Kier alpha value is -3.17. The number of ether oxygens (including phenoxy) is 1. The zero-order valence-electron chi connectivity index (χ0n) is 14.2. The predicted molar refractivity (Wildman–Crippen MR) is 99.0 cm³/mol. The summed E-state index contributed by atoms with van der Waals surface area (Å²) in [6.45, 7) is 1.55. The molecule has 1 aromatic heterocycles. The van der Waals surface area contributed by atoms with Gasteiger partial charge in [0.1, 0.15) is 11.3 Å². The van der Waals surface area contributed by atoms with Crippen LogP contribution in [0.15, 0.2) is 68.7 Å². The number of carbonyl (C=O) groups excluding carboxylic acids is 1. The summed E-state index contributed by atoms with van der Waals surface area (Å²) in [6, 6.07) is 13.3. The van der Waals surface area contributed by atoms with E-state index >= 15 is 0 Å². The predicted octanol–water partition coefficient (Wildman–Crippen LogP) is 1.85. The van der Waals surface area contributed by atoms with Crippen molar-refractivity contribution in [1.29, 1.82) is 0 Å². The molecule has 0 saturated heterocycles. The highest BCUT2D eigenvalue weighted by molar-refractivity contribution is 7.89. The van der Waals surface area contributed by atoms with Gasteiger partial charge in [-0.2, -0.15) is 0 Å². The quantitative estimate of drug-likeness (QED) is 0.642. The third-order valence-electron chi connectivity index (χ3n) is 3.73. The molecule has 1 heterocycles. The van der Waals surface area contributed by atoms with Crippen LogP contribution in [0.2, 0.25) is 0 Å². The highest BCUT2D eigenvalue weighted by Crippen LogP contribution is 2.21. The molecular formula is C18H16N2O6S. The molecule has 140 valence electrons. The fourth-order valence-electron chi connectivity index (χ4n) is 2.34. The van der Waals surface area contributed by atoms with Gasteiger partial charge in [-0.3, -0.25) is 4.79 Å². The van der Waals surface area contributed by atoms with Crippen LogP contribution in [0.25, 0.3) is 11.0 Å². The average molecular weight is 388 g/mol. The van der Waals surface area contributed by atoms with Gasteiger partial charge in [0.25, 0.3) is 5.91 Å². The number of hydrogen-bond acceptors (Lipinski definition) is 6. The molecule has 0 aliphatic heterocycles. The summed E-state index contributed by atoms with van der Waals surface area (Å²) in [5.74, 6) is -0.0722. The summed E-state index contributed by atoms with van der Waals surface area (Å²) in [4.78, 5) is 23.5. The van der Waals surface area contributed by atoms with Gasteiger partial charge in [0, 0.05) is 23.2 Å². The first-order valence-corrected chi connectivity index (χ1v) is 9.41. The molecule has 2 aromatic carbocycles. The lowest BCUT2D eigenvalue weighted by atomic mass is 10.2. The Morgan fingerprint density at radius 3 is 2.44 bits per heavy atom. The van der Waals surface area contributed by atoms with Crippen LogP contribution >= 0.6 is 0 Å². The molecule has 0 spiro atoms.